The quantitative estimate of drug-likeness (QED) is 0.649. The largest absolute Gasteiger partial charge is 0.310 e. The van der Waals surface area contributed by atoms with Gasteiger partial charge < -0.3 is 4.90 Å². The molecule has 0 aromatic rings. The summed E-state index contributed by atoms with van der Waals surface area (Å²) in [6.07, 6.45) is 7.72. The van der Waals surface area contributed by atoms with Gasteiger partial charge in [-0.3, -0.25) is 14.8 Å². The molecule has 1 amide bonds. The van der Waals surface area contributed by atoms with Crippen molar-refractivity contribution in [3.05, 3.63) is 11.9 Å². The van der Waals surface area contributed by atoms with Crippen LogP contribution in [0.1, 0.15) is 26.2 Å². The molecule has 1 saturated heterocycles. The van der Waals surface area contributed by atoms with E-state index < -0.39 is 0 Å². The standard InChI is InChI=1S/C11H17N3O/c1-3-13-9-10(8-12-2)14-7-5-4-6-11(14)15/h3,8-9H,4-7H2,1-2H3/b10-9+,12-8?,13-3?. The van der Waals surface area contributed by atoms with Gasteiger partial charge in [-0.1, -0.05) is 0 Å². The Morgan fingerprint density at radius 3 is 2.87 bits per heavy atom. The van der Waals surface area contributed by atoms with Crippen molar-refractivity contribution < 1.29 is 4.79 Å². The normalized spacial score (nSPS) is 19.5. The second kappa shape index (κ2) is 6.11. The van der Waals surface area contributed by atoms with Crippen LogP contribution in [0.4, 0.5) is 0 Å². The Morgan fingerprint density at radius 1 is 1.47 bits per heavy atom. The molecule has 1 aliphatic heterocycles. The molecule has 82 valence electrons. The number of rotatable bonds is 3. The average molecular weight is 207 g/mol. The van der Waals surface area contributed by atoms with Crippen molar-refractivity contribution >= 4 is 18.3 Å². The number of piperidine rings is 1. The summed E-state index contributed by atoms with van der Waals surface area (Å²) in [6.45, 7) is 2.62. The molecule has 15 heavy (non-hydrogen) atoms. The lowest BCUT2D eigenvalue weighted by atomic mass is 10.1. The number of hydrogen-bond acceptors (Lipinski definition) is 3. The van der Waals surface area contributed by atoms with E-state index >= 15 is 0 Å². The zero-order valence-electron chi connectivity index (χ0n) is 9.31. The van der Waals surface area contributed by atoms with Crippen LogP contribution in [0.15, 0.2) is 21.9 Å². The molecule has 1 rings (SSSR count). The Bertz CT molecular complexity index is 305. The summed E-state index contributed by atoms with van der Waals surface area (Å²) in [5.41, 5.74) is 0.778. The fourth-order valence-electron chi connectivity index (χ4n) is 1.53. The molecule has 1 heterocycles. The summed E-state index contributed by atoms with van der Waals surface area (Å²) in [6, 6.07) is 0. The Kier molecular flexibility index (Phi) is 4.74. The van der Waals surface area contributed by atoms with Gasteiger partial charge in [0, 0.05) is 32.4 Å². The summed E-state index contributed by atoms with van der Waals surface area (Å²) < 4.78 is 0. The third-order valence-electron chi connectivity index (χ3n) is 2.25. The Labute approximate surface area is 90.4 Å². The number of allylic oxidation sites excluding steroid dienone is 1. The molecule has 4 heteroatoms. The molecule has 0 unspecified atom stereocenters. The zero-order chi connectivity index (χ0) is 11.1. The average Bonchev–Trinajstić information content (AvgIpc) is 2.25. The van der Waals surface area contributed by atoms with Crippen molar-refractivity contribution in [1.29, 1.82) is 0 Å². The van der Waals surface area contributed by atoms with Crippen molar-refractivity contribution in [3.63, 3.8) is 0 Å². The maximum absolute atomic E-state index is 11.6. The van der Waals surface area contributed by atoms with Gasteiger partial charge in [0.25, 0.3) is 0 Å². The lowest BCUT2D eigenvalue weighted by molar-refractivity contribution is -0.130. The highest BCUT2D eigenvalue weighted by molar-refractivity contribution is 5.88. The molecule has 4 nitrogen and oxygen atoms in total. The number of amides is 1. The zero-order valence-corrected chi connectivity index (χ0v) is 9.31. The van der Waals surface area contributed by atoms with Gasteiger partial charge in [-0.25, -0.2) is 0 Å². The Morgan fingerprint density at radius 2 is 2.27 bits per heavy atom. The SMILES string of the molecule is CC=N/C=C(\C=NC)N1CCCCC1=O. The summed E-state index contributed by atoms with van der Waals surface area (Å²) in [5.74, 6) is 0.165. The van der Waals surface area contributed by atoms with E-state index in [1.165, 1.54) is 0 Å². The maximum Gasteiger partial charge on any atom is 0.227 e. The van der Waals surface area contributed by atoms with Crippen LogP contribution >= 0.6 is 0 Å². The topological polar surface area (TPSA) is 45.0 Å². The molecule has 0 saturated carbocycles. The van der Waals surface area contributed by atoms with E-state index in [-0.39, 0.29) is 5.91 Å². The molecule has 0 spiro atoms. The van der Waals surface area contributed by atoms with Crippen LogP contribution in [0.5, 0.6) is 0 Å². The second-order valence-corrected chi connectivity index (χ2v) is 3.35. The fourth-order valence-corrected chi connectivity index (χ4v) is 1.53. The number of hydrogen-bond donors (Lipinski definition) is 0. The number of aliphatic imine (C=N–C) groups is 2. The molecular weight excluding hydrogens is 190 g/mol. The minimum atomic E-state index is 0.165. The number of carbonyl (C=O) groups is 1. The second-order valence-electron chi connectivity index (χ2n) is 3.35. The van der Waals surface area contributed by atoms with Gasteiger partial charge in [-0.05, 0) is 19.8 Å². The summed E-state index contributed by atoms with van der Waals surface area (Å²) in [4.78, 5) is 21.4. The van der Waals surface area contributed by atoms with Crippen LogP contribution in [0.25, 0.3) is 0 Å². The van der Waals surface area contributed by atoms with Crippen LogP contribution in [0, 0.1) is 0 Å². The Hall–Kier alpha value is -1.45. The van der Waals surface area contributed by atoms with Gasteiger partial charge in [0.15, 0.2) is 0 Å². The highest BCUT2D eigenvalue weighted by atomic mass is 16.2. The highest BCUT2D eigenvalue weighted by Gasteiger charge is 2.20. The molecule has 0 aromatic heterocycles. The first kappa shape index (κ1) is 11.6. The number of likely N-dealkylation sites (tertiary alicyclic amines) is 1. The molecule has 0 radical (unpaired) electrons. The number of carbonyl (C=O) groups excluding carboxylic acids is 1. The van der Waals surface area contributed by atoms with Crippen LogP contribution in [0.3, 0.4) is 0 Å². The van der Waals surface area contributed by atoms with E-state index in [9.17, 15) is 4.79 Å². The molecule has 0 aromatic carbocycles. The monoisotopic (exact) mass is 207 g/mol. The van der Waals surface area contributed by atoms with Gasteiger partial charge in [0.2, 0.25) is 5.91 Å². The van der Waals surface area contributed by atoms with Crippen molar-refractivity contribution in [2.45, 2.75) is 26.2 Å². The van der Waals surface area contributed by atoms with Gasteiger partial charge in [-0.15, -0.1) is 0 Å². The van der Waals surface area contributed by atoms with Gasteiger partial charge in [0.05, 0.1) is 11.9 Å². The molecule has 0 N–H and O–H groups in total. The molecular formula is C11H17N3O. The summed E-state index contributed by atoms with van der Waals surface area (Å²) >= 11 is 0. The van der Waals surface area contributed by atoms with Crippen LogP contribution in [-0.2, 0) is 4.79 Å². The molecule has 0 bridgehead atoms. The third-order valence-corrected chi connectivity index (χ3v) is 2.25. The van der Waals surface area contributed by atoms with E-state index in [1.807, 2.05) is 6.92 Å². The van der Waals surface area contributed by atoms with E-state index in [1.54, 1.807) is 30.6 Å². The first-order valence-electron chi connectivity index (χ1n) is 5.20. The van der Waals surface area contributed by atoms with Gasteiger partial charge in [0.1, 0.15) is 0 Å². The molecule has 1 fully saturated rings. The molecule has 0 atom stereocenters. The minimum Gasteiger partial charge on any atom is -0.310 e. The first-order valence-corrected chi connectivity index (χ1v) is 5.20. The number of nitrogens with zero attached hydrogens (tertiary/aromatic N) is 3. The van der Waals surface area contributed by atoms with E-state index in [4.69, 9.17) is 0 Å². The molecule has 1 aliphatic rings. The van der Waals surface area contributed by atoms with Crippen LogP contribution < -0.4 is 0 Å². The van der Waals surface area contributed by atoms with Gasteiger partial charge in [-0.2, -0.15) is 0 Å². The predicted molar refractivity (Wildman–Crippen MR) is 62.2 cm³/mol. The van der Waals surface area contributed by atoms with Crippen molar-refractivity contribution in [2.75, 3.05) is 13.6 Å². The highest BCUT2D eigenvalue weighted by Crippen LogP contribution is 2.15. The fraction of sp³-hybridized carbons (Fsp3) is 0.545. The smallest absolute Gasteiger partial charge is 0.227 e. The third kappa shape index (κ3) is 3.31. The maximum atomic E-state index is 11.6. The van der Waals surface area contributed by atoms with Crippen molar-refractivity contribution in [1.82, 2.24) is 4.90 Å². The van der Waals surface area contributed by atoms with Gasteiger partial charge >= 0.3 is 0 Å². The van der Waals surface area contributed by atoms with E-state index in [0.717, 1.165) is 25.1 Å². The molecule has 0 aliphatic carbocycles. The lowest BCUT2D eigenvalue weighted by Crippen LogP contribution is -2.35. The van der Waals surface area contributed by atoms with Crippen LogP contribution in [-0.4, -0.2) is 36.8 Å². The lowest BCUT2D eigenvalue weighted by Gasteiger charge is -2.26. The predicted octanol–water partition coefficient (Wildman–Crippen LogP) is 1.63. The summed E-state index contributed by atoms with van der Waals surface area (Å²) in [5, 5.41) is 0. The first-order chi connectivity index (χ1) is 7.29. The van der Waals surface area contributed by atoms with Crippen molar-refractivity contribution in [3.8, 4) is 0 Å². The van der Waals surface area contributed by atoms with E-state index in [2.05, 4.69) is 9.98 Å². The van der Waals surface area contributed by atoms with E-state index in [0.29, 0.717) is 6.42 Å². The van der Waals surface area contributed by atoms with Crippen molar-refractivity contribution in [2.24, 2.45) is 9.98 Å². The Balaban J connectivity index is 2.82. The van der Waals surface area contributed by atoms with Crippen LogP contribution in [0.2, 0.25) is 0 Å². The minimum absolute atomic E-state index is 0.165. The summed E-state index contributed by atoms with van der Waals surface area (Å²) in [7, 11) is 1.69.